The Bertz CT molecular complexity index is 521. The summed E-state index contributed by atoms with van der Waals surface area (Å²) in [6, 6.07) is 2.54. The lowest BCUT2D eigenvalue weighted by molar-refractivity contribution is -0.127. The van der Waals surface area contributed by atoms with Crippen LogP contribution in [0.1, 0.15) is 19.4 Å². The number of amides is 2. The summed E-state index contributed by atoms with van der Waals surface area (Å²) in [5, 5.41) is 4.99. The number of rotatable bonds is 7. The Kier molecular flexibility index (Phi) is 9.36. The average Bonchev–Trinajstić information content (AvgIpc) is 2.42. The van der Waals surface area contributed by atoms with Gasteiger partial charge in [0.15, 0.2) is 0 Å². The largest absolute Gasteiger partial charge is 0.354 e. The van der Waals surface area contributed by atoms with Gasteiger partial charge in [0, 0.05) is 12.6 Å². The van der Waals surface area contributed by atoms with Crippen LogP contribution in [0.25, 0.3) is 0 Å². The molecule has 0 saturated carbocycles. The molecule has 5 nitrogen and oxygen atoms in total. The van der Waals surface area contributed by atoms with Crippen LogP contribution in [-0.4, -0.2) is 30.9 Å². The van der Waals surface area contributed by atoms with Crippen molar-refractivity contribution in [3.8, 4) is 0 Å². The van der Waals surface area contributed by atoms with Crippen LogP contribution in [0.2, 0.25) is 0 Å². The quantitative estimate of drug-likeness (QED) is 0.690. The first-order valence-corrected chi connectivity index (χ1v) is 7.04. The number of halogens is 3. The van der Waals surface area contributed by atoms with Gasteiger partial charge in [-0.05, 0) is 30.0 Å². The van der Waals surface area contributed by atoms with Crippen molar-refractivity contribution in [1.29, 1.82) is 0 Å². The number of benzene rings is 1. The third-order valence-electron chi connectivity index (χ3n) is 3.10. The number of carbonyl (C=O) groups excluding carboxylic acids is 2. The van der Waals surface area contributed by atoms with Crippen LogP contribution in [0, 0.1) is 17.6 Å². The highest BCUT2D eigenvalue weighted by molar-refractivity contribution is 5.87. The van der Waals surface area contributed by atoms with Crippen LogP contribution in [-0.2, 0) is 16.0 Å². The average molecular weight is 350 g/mol. The molecule has 0 radical (unpaired) electrons. The zero-order chi connectivity index (χ0) is 16.7. The molecule has 1 aromatic carbocycles. The normalized spacial score (nSPS) is 11.6. The number of hydrogen-bond acceptors (Lipinski definition) is 3. The van der Waals surface area contributed by atoms with Gasteiger partial charge >= 0.3 is 0 Å². The van der Waals surface area contributed by atoms with Crippen molar-refractivity contribution in [3.05, 3.63) is 35.4 Å². The van der Waals surface area contributed by atoms with Gasteiger partial charge in [0.1, 0.15) is 11.6 Å². The topological polar surface area (TPSA) is 84.2 Å². The molecule has 0 heterocycles. The van der Waals surface area contributed by atoms with E-state index in [9.17, 15) is 18.4 Å². The van der Waals surface area contributed by atoms with Crippen LogP contribution in [0.5, 0.6) is 0 Å². The lowest BCUT2D eigenvalue weighted by atomic mass is 10.1. The number of nitrogens with two attached hydrogens (primary N) is 1. The molecule has 2 amide bonds. The Morgan fingerprint density at radius 1 is 1.13 bits per heavy atom. The van der Waals surface area contributed by atoms with E-state index in [0.29, 0.717) is 12.0 Å². The van der Waals surface area contributed by atoms with E-state index < -0.39 is 23.6 Å². The van der Waals surface area contributed by atoms with Crippen LogP contribution < -0.4 is 16.4 Å². The first kappa shape index (κ1) is 21.3. The molecule has 0 aliphatic carbocycles. The molecule has 0 saturated heterocycles. The molecule has 0 fully saturated rings. The Labute approximate surface area is 140 Å². The Morgan fingerprint density at radius 2 is 1.70 bits per heavy atom. The predicted octanol–water partition coefficient (Wildman–Crippen LogP) is 1.14. The third-order valence-corrected chi connectivity index (χ3v) is 3.10. The highest BCUT2D eigenvalue weighted by Crippen LogP contribution is 2.08. The first-order valence-electron chi connectivity index (χ1n) is 7.04. The van der Waals surface area contributed by atoms with Crippen molar-refractivity contribution in [2.45, 2.75) is 26.3 Å². The number of nitrogens with one attached hydrogen (secondary N) is 2. The van der Waals surface area contributed by atoms with Gasteiger partial charge in [0.25, 0.3) is 0 Å². The maximum Gasteiger partial charge on any atom is 0.239 e. The molecule has 130 valence electrons. The van der Waals surface area contributed by atoms with Gasteiger partial charge in [0.2, 0.25) is 11.8 Å². The monoisotopic (exact) mass is 349 g/mol. The summed E-state index contributed by atoms with van der Waals surface area (Å²) in [6.07, 6.45) is 0.292. The Hall–Kier alpha value is -1.73. The van der Waals surface area contributed by atoms with Crippen molar-refractivity contribution >= 4 is 24.2 Å². The molecular formula is C15H22ClF2N3O2. The van der Waals surface area contributed by atoms with E-state index >= 15 is 0 Å². The second kappa shape index (κ2) is 10.1. The van der Waals surface area contributed by atoms with Crippen LogP contribution in [0.15, 0.2) is 18.2 Å². The molecule has 23 heavy (non-hydrogen) atoms. The SMILES string of the molecule is CC(C)[C@H](N)C(=O)NCC(=O)NCCc1cc(F)cc(F)c1.Cl. The van der Waals surface area contributed by atoms with Crippen molar-refractivity contribution < 1.29 is 18.4 Å². The molecule has 0 bridgehead atoms. The summed E-state index contributed by atoms with van der Waals surface area (Å²) < 4.78 is 26.0. The molecule has 1 rings (SSSR count). The van der Waals surface area contributed by atoms with Gasteiger partial charge in [-0.3, -0.25) is 9.59 Å². The summed E-state index contributed by atoms with van der Waals surface area (Å²) in [4.78, 5) is 23.1. The lowest BCUT2D eigenvalue weighted by Gasteiger charge is -2.15. The van der Waals surface area contributed by atoms with Crippen molar-refractivity contribution in [2.24, 2.45) is 11.7 Å². The summed E-state index contributed by atoms with van der Waals surface area (Å²) >= 11 is 0. The van der Waals surface area contributed by atoms with Gasteiger partial charge in [-0.1, -0.05) is 13.8 Å². The summed E-state index contributed by atoms with van der Waals surface area (Å²) in [5.74, 6) is -2.11. The molecule has 4 N–H and O–H groups in total. The lowest BCUT2D eigenvalue weighted by Crippen LogP contribution is -2.47. The highest BCUT2D eigenvalue weighted by Gasteiger charge is 2.17. The molecule has 0 aromatic heterocycles. The first-order chi connectivity index (χ1) is 10.3. The third kappa shape index (κ3) is 7.90. The van der Waals surface area contributed by atoms with Crippen LogP contribution >= 0.6 is 12.4 Å². The fourth-order valence-electron chi connectivity index (χ4n) is 1.75. The molecule has 1 aromatic rings. The minimum absolute atomic E-state index is 0. The predicted molar refractivity (Wildman–Crippen MR) is 86.1 cm³/mol. The fraction of sp³-hybridized carbons (Fsp3) is 0.467. The van der Waals surface area contributed by atoms with Gasteiger partial charge in [-0.2, -0.15) is 0 Å². The van der Waals surface area contributed by atoms with Crippen molar-refractivity contribution in [3.63, 3.8) is 0 Å². The molecule has 1 atom stereocenters. The molecule has 0 spiro atoms. The van der Waals surface area contributed by atoms with E-state index in [-0.39, 0.29) is 37.3 Å². The standard InChI is InChI=1S/C15H21F2N3O2.ClH/c1-9(2)14(18)15(22)20-8-13(21)19-4-3-10-5-11(16)7-12(17)6-10;/h5-7,9,14H,3-4,8,18H2,1-2H3,(H,19,21)(H,20,22);1H/t14-;/m0./s1. The van der Waals surface area contributed by atoms with E-state index in [1.165, 1.54) is 12.1 Å². The van der Waals surface area contributed by atoms with Crippen LogP contribution in [0.3, 0.4) is 0 Å². The minimum Gasteiger partial charge on any atom is -0.354 e. The molecule has 0 unspecified atom stereocenters. The van der Waals surface area contributed by atoms with E-state index in [0.717, 1.165) is 6.07 Å². The molecule has 0 aliphatic heterocycles. The summed E-state index contributed by atoms with van der Waals surface area (Å²) in [5.41, 5.74) is 6.08. The smallest absolute Gasteiger partial charge is 0.239 e. The molecule has 0 aliphatic rings. The second-order valence-electron chi connectivity index (χ2n) is 5.37. The number of hydrogen-bond donors (Lipinski definition) is 3. The van der Waals surface area contributed by atoms with E-state index in [1.807, 2.05) is 13.8 Å². The van der Waals surface area contributed by atoms with E-state index in [4.69, 9.17) is 5.73 Å². The maximum atomic E-state index is 13.0. The summed E-state index contributed by atoms with van der Waals surface area (Å²) in [6.45, 7) is 3.65. The molecule has 8 heteroatoms. The zero-order valence-electron chi connectivity index (χ0n) is 13.1. The van der Waals surface area contributed by atoms with Gasteiger partial charge in [0.05, 0.1) is 12.6 Å². The maximum absolute atomic E-state index is 13.0. The van der Waals surface area contributed by atoms with E-state index in [2.05, 4.69) is 10.6 Å². The van der Waals surface area contributed by atoms with E-state index in [1.54, 1.807) is 0 Å². The van der Waals surface area contributed by atoms with Gasteiger partial charge in [-0.15, -0.1) is 12.4 Å². The van der Waals surface area contributed by atoms with Crippen molar-refractivity contribution in [2.75, 3.05) is 13.1 Å². The van der Waals surface area contributed by atoms with Gasteiger partial charge < -0.3 is 16.4 Å². The zero-order valence-corrected chi connectivity index (χ0v) is 13.9. The molecular weight excluding hydrogens is 328 g/mol. The number of carbonyl (C=O) groups is 2. The second-order valence-corrected chi connectivity index (χ2v) is 5.37. The minimum atomic E-state index is -0.664. The van der Waals surface area contributed by atoms with Crippen LogP contribution in [0.4, 0.5) is 8.78 Å². The summed E-state index contributed by atoms with van der Waals surface area (Å²) in [7, 11) is 0. The Morgan fingerprint density at radius 3 is 2.22 bits per heavy atom. The van der Waals surface area contributed by atoms with Gasteiger partial charge in [-0.25, -0.2) is 8.78 Å². The fourth-order valence-corrected chi connectivity index (χ4v) is 1.75. The Balaban J connectivity index is 0.00000484. The highest BCUT2D eigenvalue weighted by atomic mass is 35.5. The van der Waals surface area contributed by atoms with Crippen molar-refractivity contribution in [1.82, 2.24) is 10.6 Å².